The van der Waals surface area contributed by atoms with Crippen LogP contribution in [0.2, 0.25) is 0 Å². The zero-order chi connectivity index (χ0) is 18.0. The van der Waals surface area contributed by atoms with E-state index in [0.717, 1.165) is 16.8 Å². The molecule has 2 amide bonds. The lowest BCUT2D eigenvalue weighted by molar-refractivity contribution is -0.131. The van der Waals surface area contributed by atoms with Crippen LogP contribution in [0, 0.1) is 19.3 Å². The van der Waals surface area contributed by atoms with Crippen molar-refractivity contribution in [3.05, 3.63) is 53.6 Å². The van der Waals surface area contributed by atoms with Gasteiger partial charge in [0.15, 0.2) is 0 Å². The third-order valence-corrected chi connectivity index (χ3v) is 4.62. The van der Waals surface area contributed by atoms with E-state index in [2.05, 4.69) is 10.6 Å². The number of methoxy groups -OCH3 is 1. The molecule has 25 heavy (non-hydrogen) atoms. The summed E-state index contributed by atoms with van der Waals surface area (Å²) in [5.74, 6) is 0.0301. The Balaban J connectivity index is 1.77. The number of carbonyl (C=O) groups excluding carboxylic acids is 2. The van der Waals surface area contributed by atoms with Gasteiger partial charge in [-0.25, -0.2) is 0 Å². The van der Waals surface area contributed by atoms with Crippen molar-refractivity contribution in [1.82, 2.24) is 0 Å². The topological polar surface area (TPSA) is 67.4 Å². The number of aryl methyl sites for hydroxylation is 2. The molecule has 5 nitrogen and oxygen atoms in total. The summed E-state index contributed by atoms with van der Waals surface area (Å²) in [5.41, 5.74) is 2.29. The second-order valence-electron chi connectivity index (χ2n) is 6.51. The van der Waals surface area contributed by atoms with Crippen LogP contribution >= 0.6 is 0 Å². The summed E-state index contributed by atoms with van der Waals surface area (Å²) in [6, 6.07) is 13.1. The molecule has 0 aromatic heterocycles. The molecule has 1 saturated carbocycles. The van der Waals surface area contributed by atoms with E-state index in [1.54, 1.807) is 13.2 Å². The Morgan fingerprint density at radius 2 is 1.60 bits per heavy atom. The average molecular weight is 338 g/mol. The number of hydrogen-bond donors (Lipinski definition) is 2. The van der Waals surface area contributed by atoms with Gasteiger partial charge in [0.25, 0.3) is 0 Å². The number of ether oxygens (including phenoxy) is 1. The van der Waals surface area contributed by atoms with E-state index >= 15 is 0 Å². The molecule has 2 aromatic rings. The van der Waals surface area contributed by atoms with E-state index in [-0.39, 0.29) is 11.8 Å². The molecule has 3 rings (SSSR count). The van der Waals surface area contributed by atoms with Crippen LogP contribution in [0.25, 0.3) is 0 Å². The quantitative estimate of drug-likeness (QED) is 0.818. The lowest BCUT2D eigenvalue weighted by Crippen LogP contribution is -2.35. The summed E-state index contributed by atoms with van der Waals surface area (Å²) >= 11 is 0. The summed E-state index contributed by atoms with van der Waals surface area (Å²) in [7, 11) is 1.55. The minimum atomic E-state index is -1.00. The number of anilines is 2. The van der Waals surface area contributed by atoms with Gasteiger partial charge >= 0.3 is 0 Å². The molecule has 1 aliphatic carbocycles. The first-order chi connectivity index (χ1) is 12.0. The molecule has 2 aromatic carbocycles. The zero-order valence-electron chi connectivity index (χ0n) is 14.7. The number of amides is 2. The van der Waals surface area contributed by atoms with Gasteiger partial charge < -0.3 is 15.4 Å². The van der Waals surface area contributed by atoms with Crippen LogP contribution in [0.1, 0.15) is 24.0 Å². The highest BCUT2D eigenvalue weighted by molar-refractivity contribution is 6.17. The minimum absolute atomic E-state index is 0.258. The number of hydrogen-bond acceptors (Lipinski definition) is 3. The van der Waals surface area contributed by atoms with Gasteiger partial charge in [-0.05, 0) is 56.0 Å². The molecule has 0 atom stereocenters. The molecular weight excluding hydrogens is 316 g/mol. The summed E-state index contributed by atoms with van der Waals surface area (Å²) in [5, 5.41) is 5.75. The summed E-state index contributed by atoms with van der Waals surface area (Å²) < 4.78 is 5.29. The Morgan fingerprint density at radius 3 is 2.20 bits per heavy atom. The van der Waals surface area contributed by atoms with Crippen LogP contribution in [-0.4, -0.2) is 18.9 Å². The van der Waals surface area contributed by atoms with Gasteiger partial charge in [0.05, 0.1) is 12.8 Å². The molecule has 130 valence electrons. The van der Waals surface area contributed by atoms with E-state index in [4.69, 9.17) is 4.74 Å². The molecule has 0 heterocycles. The second-order valence-corrected chi connectivity index (χ2v) is 6.51. The molecular formula is C20H22N2O3. The lowest BCUT2D eigenvalue weighted by Gasteiger charge is -2.18. The Bertz CT molecular complexity index is 825. The fourth-order valence-electron chi connectivity index (χ4n) is 2.80. The number of rotatable bonds is 5. The largest absolute Gasteiger partial charge is 0.495 e. The number of carbonyl (C=O) groups is 2. The smallest absolute Gasteiger partial charge is 0.240 e. The number of para-hydroxylation sites is 1. The summed E-state index contributed by atoms with van der Waals surface area (Å²) in [4.78, 5) is 25.5. The Morgan fingerprint density at radius 1 is 0.960 bits per heavy atom. The highest BCUT2D eigenvalue weighted by atomic mass is 16.5. The van der Waals surface area contributed by atoms with E-state index in [9.17, 15) is 9.59 Å². The molecule has 0 aliphatic heterocycles. The molecule has 0 radical (unpaired) electrons. The van der Waals surface area contributed by atoms with Crippen molar-refractivity contribution in [1.29, 1.82) is 0 Å². The second kappa shape index (κ2) is 6.59. The first kappa shape index (κ1) is 17.0. The Hall–Kier alpha value is -2.82. The fraction of sp³-hybridized carbons (Fsp3) is 0.300. The third kappa shape index (κ3) is 3.36. The van der Waals surface area contributed by atoms with Crippen LogP contribution in [0.3, 0.4) is 0 Å². The van der Waals surface area contributed by atoms with Gasteiger partial charge in [0.2, 0.25) is 11.8 Å². The first-order valence-corrected chi connectivity index (χ1v) is 8.29. The number of benzene rings is 2. The van der Waals surface area contributed by atoms with Gasteiger partial charge in [0.1, 0.15) is 11.2 Å². The van der Waals surface area contributed by atoms with Crippen molar-refractivity contribution < 1.29 is 14.3 Å². The third-order valence-electron chi connectivity index (χ3n) is 4.62. The zero-order valence-corrected chi connectivity index (χ0v) is 14.7. The summed E-state index contributed by atoms with van der Waals surface area (Å²) in [6.07, 6.45) is 1.09. The standard InChI is InChI=1S/C20H22N2O3/c1-13-8-9-17(25-3)16(12-13)22-19(24)20(10-11-20)18(23)21-15-7-5-4-6-14(15)2/h4-9,12H,10-11H2,1-3H3,(H,21,23)(H,22,24). The van der Waals surface area contributed by atoms with Crippen LogP contribution in [-0.2, 0) is 9.59 Å². The molecule has 2 N–H and O–H groups in total. The van der Waals surface area contributed by atoms with Gasteiger partial charge in [-0.15, -0.1) is 0 Å². The van der Waals surface area contributed by atoms with Crippen LogP contribution in [0.5, 0.6) is 5.75 Å². The monoisotopic (exact) mass is 338 g/mol. The lowest BCUT2D eigenvalue weighted by atomic mass is 10.0. The molecule has 0 unspecified atom stereocenters. The fourth-order valence-corrected chi connectivity index (χ4v) is 2.80. The van der Waals surface area contributed by atoms with Crippen LogP contribution < -0.4 is 15.4 Å². The maximum atomic E-state index is 12.8. The highest BCUT2D eigenvalue weighted by Gasteiger charge is 2.56. The van der Waals surface area contributed by atoms with Gasteiger partial charge in [-0.2, -0.15) is 0 Å². The van der Waals surface area contributed by atoms with E-state index in [0.29, 0.717) is 24.3 Å². The molecule has 0 bridgehead atoms. The maximum absolute atomic E-state index is 12.8. The molecule has 0 saturated heterocycles. The van der Waals surface area contributed by atoms with Gasteiger partial charge in [-0.3, -0.25) is 9.59 Å². The molecule has 1 fully saturated rings. The Labute approximate surface area is 147 Å². The number of nitrogens with one attached hydrogen (secondary N) is 2. The predicted molar refractivity (Wildman–Crippen MR) is 97.8 cm³/mol. The van der Waals surface area contributed by atoms with Crippen molar-refractivity contribution in [2.75, 3.05) is 17.7 Å². The van der Waals surface area contributed by atoms with Crippen LogP contribution in [0.4, 0.5) is 11.4 Å². The summed E-state index contributed by atoms with van der Waals surface area (Å²) in [6.45, 7) is 3.86. The predicted octanol–water partition coefficient (Wildman–Crippen LogP) is 3.67. The molecule has 1 aliphatic rings. The van der Waals surface area contributed by atoms with Gasteiger partial charge in [0, 0.05) is 5.69 Å². The first-order valence-electron chi connectivity index (χ1n) is 8.29. The normalized spacial score (nSPS) is 14.5. The Kier molecular flexibility index (Phi) is 4.49. The van der Waals surface area contributed by atoms with Crippen molar-refractivity contribution in [2.45, 2.75) is 26.7 Å². The van der Waals surface area contributed by atoms with E-state index < -0.39 is 5.41 Å². The van der Waals surface area contributed by atoms with E-state index in [1.165, 1.54) is 0 Å². The molecule has 5 heteroatoms. The molecule has 0 spiro atoms. The van der Waals surface area contributed by atoms with Crippen molar-refractivity contribution in [3.8, 4) is 5.75 Å². The maximum Gasteiger partial charge on any atom is 0.240 e. The van der Waals surface area contributed by atoms with Crippen molar-refractivity contribution in [3.63, 3.8) is 0 Å². The minimum Gasteiger partial charge on any atom is -0.495 e. The van der Waals surface area contributed by atoms with E-state index in [1.807, 2.05) is 50.2 Å². The average Bonchev–Trinajstić information content (AvgIpc) is 3.39. The van der Waals surface area contributed by atoms with Crippen LogP contribution in [0.15, 0.2) is 42.5 Å². The SMILES string of the molecule is COc1ccc(C)cc1NC(=O)C1(C(=O)Nc2ccccc2C)CC1. The highest BCUT2D eigenvalue weighted by Crippen LogP contribution is 2.48. The van der Waals surface area contributed by atoms with Gasteiger partial charge in [-0.1, -0.05) is 24.3 Å². The van der Waals surface area contributed by atoms with Crippen molar-refractivity contribution in [2.24, 2.45) is 5.41 Å². The van der Waals surface area contributed by atoms with Crippen molar-refractivity contribution >= 4 is 23.2 Å².